The van der Waals surface area contributed by atoms with E-state index in [1.165, 1.54) is 5.56 Å². The van der Waals surface area contributed by atoms with Crippen molar-refractivity contribution in [1.29, 1.82) is 0 Å². The van der Waals surface area contributed by atoms with Gasteiger partial charge in [0.1, 0.15) is 5.69 Å². The van der Waals surface area contributed by atoms with Crippen LogP contribution in [0.2, 0.25) is 0 Å². The molecule has 1 N–H and O–H groups in total. The number of nitrogens with one attached hydrogen (secondary N) is 1. The highest BCUT2D eigenvalue weighted by Gasteiger charge is 2.26. The second-order valence-electron chi connectivity index (χ2n) is 6.49. The summed E-state index contributed by atoms with van der Waals surface area (Å²) >= 11 is 0. The normalized spacial score (nSPS) is 17.6. The van der Waals surface area contributed by atoms with E-state index in [-0.39, 0.29) is 11.9 Å². The molecule has 0 bridgehead atoms. The first-order valence-electron chi connectivity index (χ1n) is 8.66. The number of rotatable bonds is 4. The molecule has 25 heavy (non-hydrogen) atoms. The van der Waals surface area contributed by atoms with Gasteiger partial charge in [0.05, 0.1) is 12.2 Å². The molecule has 1 fully saturated rings. The van der Waals surface area contributed by atoms with E-state index < -0.39 is 0 Å². The van der Waals surface area contributed by atoms with E-state index in [1.54, 1.807) is 6.20 Å². The maximum atomic E-state index is 12.8. The average Bonchev–Trinajstić information content (AvgIpc) is 3.34. The Morgan fingerprint density at radius 3 is 2.88 bits per heavy atom. The fourth-order valence-electron chi connectivity index (χ4n) is 3.42. The van der Waals surface area contributed by atoms with Gasteiger partial charge in [0.2, 0.25) is 0 Å². The van der Waals surface area contributed by atoms with Gasteiger partial charge in [-0.25, -0.2) is 4.68 Å². The Labute approximate surface area is 146 Å². The molecular formula is C19H21N5O. The molecule has 1 aliphatic rings. The standard InChI is InChI=1S/C19H21N5O/c25-19(23-11-4-7-17(14-23)24-12-10-20-22-24)18-9-8-16(21-18)13-15-5-2-1-3-6-15/h1-3,5-6,8-10,12,17,21H,4,7,11,13-14H2. The molecule has 1 aromatic carbocycles. The summed E-state index contributed by atoms with van der Waals surface area (Å²) in [5.41, 5.74) is 2.94. The molecule has 4 rings (SSSR count). The first kappa shape index (κ1) is 15.6. The number of nitrogens with zero attached hydrogens (tertiary/aromatic N) is 4. The van der Waals surface area contributed by atoms with E-state index in [0.29, 0.717) is 12.2 Å². The highest BCUT2D eigenvalue weighted by molar-refractivity contribution is 5.92. The van der Waals surface area contributed by atoms with Gasteiger partial charge in [0, 0.05) is 31.4 Å². The second kappa shape index (κ2) is 6.93. The summed E-state index contributed by atoms with van der Waals surface area (Å²) in [5, 5.41) is 7.95. The number of likely N-dealkylation sites (tertiary alicyclic amines) is 1. The van der Waals surface area contributed by atoms with Crippen LogP contribution < -0.4 is 0 Å². The van der Waals surface area contributed by atoms with Crippen LogP contribution in [0.25, 0.3) is 0 Å². The van der Waals surface area contributed by atoms with Gasteiger partial charge >= 0.3 is 0 Å². The summed E-state index contributed by atoms with van der Waals surface area (Å²) in [5.74, 6) is 0.0594. The lowest BCUT2D eigenvalue weighted by molar-refractivity contribution is 0.0666. The summed E-state index contributed by atoms with van der Waals surface area (Å²) in [6.45, 7) is 1.46. The van der Waals surface area contributed by atoms with Gasteiger partial charge in [-0.3, -0.25) is 4.79 Å². The van der Waals surface area contributed by atoms with Crippen LogP contribution in [-0.4, -0.2) is 43.9 Å². The third-order valence-corrected chi connectivity index (χ3v) is 4.71. The van der Waals surface area contributed by atoms with E-state index in [4.69, 9.17) is 0 Å². The van der Waals surface area contributed by atoms with Crippen molar-refractivity contribution in [3.63, 3.8) is 0 Å². The van der Waals surface area contributed by atoms with Gasteiger partial charge in [0.15, 0.2) is 0 Å². The Balaban J connectivity index is 1.44. The van der Waals surface area contributed by atoms with Crippen molar-refractivity contribution >= 4 is 5.91 Å². The molecule has 0 aliphatic carbocycles. The molecule has 1 amide bonds. The maximum absolute atomic E-state index is 12.8. The molecule has 1 atom stereocenters. The van der Waals surface area contributed by atoms with Crippen LogP contribution in [0.4, 0.5) is 0 Å². The van der Waals surface area contributed by atoms with Gasteiger partial charge < -0.3 is 9.88 Å². The Hall–Kier alpha value is -2.89. The van der Waals surface area contributed by atoms with Gasteiger partial charge in [-0.2, -0.15) is 0 Å². The molecule has 3 heterocycles. The molecule has 0 radical (unpaired) electrons. The number of aromatic nitrogens is 4. The number of hydrogen-bond donors (Lipinski definition) is 1. The summed E-state index contributed by atoms with van der Waals surface area (Å²) in [4.78, 5) is 18.0. The molecule has 6 nitrogen and oxygen atoms in total. The average molecular weight is 335 g/mol. The van der Waals surface area contributed by atoms with E-state index in [1.807, 2.05) is 46.1 Å². The topological polar surface area (TPSA) is 66.8 Å². The van der Waals surface area contributed by atoms with Crippen LogP contribution in [-0.2, 0) is 6.42 Å². The molecule has 1 aliphatic heterocycles. The lowest BCUT2D eigenvalue weighted by Crippen LogP contribution is -2.41. The number of carbonyl (C=O) groups excluding carboxylic acids is 1. The minimum atomic E-state index is 0.0594. The van der Waals surface area contributed by atoms with E-state index in [2.05, 4.69) is 27.4 Å². The monoisotopic (exact) mass is 335 g/mol. The van der Waals surface area contributed by atoms with Crippen molar-refractivity contribution in [1.82, 2.24) is 24.9 Å². The summed E-state index contributed by atoms with van der Waals surface area (Å²) in [6.07, 6.45) is 6.35. The van der Waals surface area contributed by atoms with Crippen molar-refractivity contribution in [2.75, 3.05) is 13.1 Å². The van der Waals surface area contributed by atoms with Crippen LogP contribution in [0.5, 0.6) is 0 Å². The fourth-order valence-corrected chi connectivity index (χ4v) is 3.42. The number of hydrogen-bond acceptors (Lipinski definition) is 3. The van der Waals surface area contributed by atoms with Crippen LogP contribution in [0.15, 0.2) is 54.9 Å². The van der Waals surface area contributed by atoms with E-state index in [9.17, 15) is 4.79 Å². The number of H-pyrrole nitrogens is 1. The minimum Gasteiger partial charge on any atom is -0.354 e. The van der Waals surface area contributed by atoms with Crippen molar-refractivity contribution < 1.29 is 4.79 Å². The van der Waals surface area contributed by atoms with Gasteiger partial charge in [-0.15, -0.1) is 5.10 Å². The van der Waals surface area contributed by atoms with Gasteiger partial charge in [-0.05, 0) is 30.5 Å². The Morgan fingerprint density at radius 1 is 1.20 bits per heavy atom. The van der Waals surface area contributed by atoms with Crippen LogP contribution >= 0.6 is 0 Å². The summed E-state index contributed by atoms with van der Waals surface area (Å²) in [6, 6.07) is 14.4. The van der Waals surface area contributed by atoms with E-state index in [0.717, 1.165) is 31.5 Å². The van der Waals surface area contributed by atoms with Gasteiger partial charge in [-0.1, -0.05) is 35.5 Å². The SMILES string of the molecule is O=C(c1ccc(Cc2ccccc2)[nH]1)N1CCCC(n2ccnn2)C1. The van der Waals surface area contributed by atoms with Crippen LogP contribution in [0.1, 0.15) is 40.6 Å². The zero-order valence-electron chi connectivity index (χ0n) is 14.0. The lowest BCUT2D eigenvalue weighted by atomic mass is 10.1. The molecule has 128 valence electrons. The Morgan fingerprint density at radius 2 is 2.08 bits per heavy atom. The molecule has 1 unspecified atom stereocenters. The van der Waals surface area contributed by atoms with Crippen molar-refractivity contribution in [3.8, 4) is 0 Å². The maximum Gasteiger partial charge on any atom is 0.270 e. The highest BCUT2D eigenvalue weighted by Crippen LogP contribution is 2.22. The van der Waals surface area contributed by atoms with Gasteiger partial charge in [0.25, 0.3) is 5.91 Å². The van der Waals surface area contributed by atoms with Crippen molar-refractivity contribution in [3.05, 3.63) is 71.8 Å². The van der Waals surface area contributed by atoms with Crippen LogP contribution in [0.3, 0.4) is 0 Å². The predicted octanol–water partition coefficient (Wildman–Crippen LogP) is 2.67. The molecule has 3 aromatic rings. The minimum absolute atomic E-state index is 0.0594. The van der Waals surface area contributed by atoms with Crippen molar-refractivity contribution in [2.24, 2.45) is 0 Å². The lowest BCUT2D eigenvalue weighted by Gasteiger charge is -2.32. The largest absolute Gasteiger partial charge is 0.354 e. The Bertz CT molecular complexity index is 825. The first-order valence-corrected chi connectivity index (χ1v) is 8.66. The number of carbonyl (C=O) groups is 1. The molecule has 0 saturated carbocycles. The Kier molecular flexibility index (Phi) is 4.33. The zero-order chi connectivity index (χ0) is 17.1. The smallest absolute Gasteiger partial charge is 0.270 e. The number of aromatic amines is 1. The number of piperidine rings is 1. The fraction of sp³-hybridized carbons (Fsp3) is 0.316. The second-order valence-corrected chi connectivity index (χ2v) is 6.49. The summed E-state index contributed by atoms with van der Waals surface area (Å²) < 4.78 is 1.86. The summed E-state index contributed by atoms with van der Waals surface area (Å²) in [7, 11) is 0. The third kappa shape index (κ3) is 3.47. The molecular weight excluding hydrogens is 314 g/mol. The van der Waals surface area contributed by atoms with Crippen molar-refractivity contribution in [2.45, 2.75) is 25.3 Å². The molecule has 2 aromatic heterocycles. The van der Waals surface area contributed by atoms with E-state index >= 15 is 0 Å². The first-order chi connectivity index (χ1) is 12.3. The van der Waals surface area contributed by atoms with Crippen LogP contribution in [0, 0.1) is 0 Å². The molecule has 0 spiro atoms. The zero-order valence-corrected chi connectivity index (χ0v) is 14.0. The molecule has 6 heteroatoms. The number of amides is 1. The predicted molar refractivity (Wildman–Crippen MR) is 94.2 cm³/mol. The highest BCUT2D eigenvalue weighted by atomic mass is 16.2. The number of benzene rings is 1. The third-order valence-electron chi connectivity index (χ3n) is 4.71. The molecule has 1 saturated heterocycles. The quantitative estimate of drug-likeness (QED) is 0.797.